The summed E-state index contributed by atoms with van der Waals surface area (Å²) in [6, 6.07) is 5.80. The van der Waals surface area contributed by atoms with Gasteiger partial charge in [-0.25, -0.2) is 0 Å². The maximum Gasteiger partial charge on any atom is 0.250 e. The fraction of sp³-hybridized carbons (Fsp3) is 0.643. The van der Waals surface area contributed by atoms with Crippen molar-refractivity contribution in [1.82, 2.24) is 9.88 Å². The van der Waals surface area contributed by atoms with Crippen LogP contribution >= 0.6 is 0 Å². The smallest absolute Gasteiger partial charge is 0.250 e. The zero-order chi connectivity index (χ0) is 12.8. The largest absolute Gasteiger partial charge is 0.312 e. The molecule has 0 saturated carbocycles. The molecule has 1 rings (SSSR count). The molecule has 2 unspecified atom stereocenters. The highest BCUT2D eigenvalue weighted by molar-refractivity contribution is 5.04. The molecule has 1 N–H and O–H groups in total. The number of rotatable bonds is 6. The van der Waals surface area contributed by atoms with Gasteiger partial charge in [0.2, 0.25) is 0 Å². The summed E-state index contributed by atoms with van der Waals surface area (Å²) in [5.74, 6) is 0.571. The van der Waals surface area contributed by atoms with Gasteiger partial charge in [-0.15, -0.1) is 0 Å². The Kier molecular flexibility index (Phi) is 5.42. The predicted octanol–water partition coefficient (Wildman–Crippen LogP) is 2.18. The second-order valence-electron chi connectivity index (χ2n) is 4.67. The van der Waals surface area contributed by atoms with Gasteiger partial charge in [-0.05, 0) is 25.5 Å². The predicted molar refractivity (Wildman–Crippen MR) is 72.4 cm³/mol. The van der Waals surface area contributed by atoms with Crippen molar-refractivity contribution in [1.29, 1.82) is 0 Å². The van der Waals surface area contributed by atoms with Crippen LogP contribution in [0.25, 0.3) is 0 Å². The molecule has 0 aliphatic rings. The molecule has 1 aromatic rings. The van der Waals surface area contributed by atoms with E-state index in [4.69, 9.17) is 0 Å². The third kappa shape index (κ3) is 3.70. The molecule has 0 fully saturated rings. The molecule has 0 spiro atoms. The Morgan fingerprint density at radius 2 is 2.06 bits per heavy atom. The minimum absolute atomic E-state index is 0.0937. The van der Waals surface area contributed by atoms with E-state index in [-0.39, 0.29) is 5.56 Å². The maximum atomic E-state index is 11.8. The van der Waals surface area contributed by atoms with Crippen LogP contribution in [-0.2, 0) is 6.54 Å². The fourth-order valence-corrected chi connectivity index (χ4v) is 2.05. The normalized spacial score (nSPS) is 14.6. The van der Waals surface area contributed by atoms with Gasteiger partial charge in [0.15, 0.2) is 0 Å². The van der Waals surface area contributed by atoms with E-state index in [1.54, 1.807) is 6.07 Å². The molecular weight excluding hydrogens is 212 g/mol. The number of aryl methyl sites for hydroxylation is 1. The van der Waals surface area contributed by atoms with Gasteiger partial charge in [-0.2, -0.15) is 0 Å². The molecule has 17 heavy (non-hydrogen) atoms. The van der Waals surface area contributed by atoms with Crippen molar-refractivity contribution in [2.75, 3.05) is 6.54 Å². The highest BCUT2D eigenvalue weighted by atomic mass is 16.1. The van der Waals surface area contributed by atoms with E-state index in [2.05, 4.69) is 26.1 Å². The molecule has 0 saturated heterocycles. The molecule has 0 bridgehead atoms. The van der Waals surface area contributed by atoms with E-state index in [0.717, 1.165) is 25.2 Å². The van der Waals surface area contributed by atoms with Crippen molar-refractivity contribution >= 4 is 0 Å². The van der Waals surface area contributed by atoms with Gasteiger partial charge in [-0.1, -0.05) is 33.3 Å². The van der Waals surface area contributed by atoms with Gasteiger partial charge in [0.05, 0.1) is 0 Å². The summed E-state index contributed by atoms with van der Waals surface area (Å²) in [5.41, 5.74) is 1.12. The SMILES string of the molecule is CCNC(Cn1c(C)cccc1=O)C(C)CC. The molecule has 3 nitrogen and oxygen atoms in total. The van der Waals surface area contributed by atoms with Crippen LogP contribution in [0.15, 0.2) is 23.0 Å². The average molecular weight is 236 g/mol. The zero-order valence-corrected chi connectivity index (χ0v) is 11.4. The minimum atomic E-state index is 0.0937. The number of nitrogens with one attached hydrogen (secondary N) is 1. The number of aromatic nitrogens is 1. The zero-order valence-electron chi connectivity index (χ0n) is 11.4. The lowest BCUT2D eigenvalue weighted by molar-refractivity contribution is 0.329. The maximum absolute atomic E-state index is 11.8. The Morgan fingerprint density at radius 1 is 1.35 bits per heavy atom. The van der Waals surface area contributed by atoms with Crippen LogP contribution in [0, 0.1) is 12.8 Å². The van der Waals surface area contributed by atoms with E-state index in [1.807, 2.05) is 23.6 Å². The van der Waals surface area contributed by atoms with Crippen LogP contribution in [0.4, 0.5) is 0 Å². The second kappa shape index (κ2) is 6.60. The number of pyridine rings is 1. The summed E-state index contributed by atoms with van der Waals surface area (Å²) in [6.07, 6.45) is 1.12. The van der Waals surface area contributed by atoms with E-state index in [9.17, 15) is 4.79 Å². The summed E-state index contributed by atoms with van der Waals surface area (Å²) >= 11 is 0. The standard InChI is InChI=1S/C14H24N2O/c1-5-11(3)13(15-6-2)10-16-12(4)8-7-9-14(16)17/h7-9,11,13,15H,5-6,10H2,1-4H3. The highest BCUT2D eigenvalue weighted by Crippen LogP contribution is 2.10. The van der Waals surface area contributed by atoms with Crippen LogP contribution in [0.5, 0.6) is 0 Å². The monoisotopic (exact) mass is 236 g/mol. The van der Waals surface area contributed by atoms with E-state index < -0.39 is 0 Å². The van der Waals surface area contributed by atoms with Gasteiger partial charge in [-0.3, -0.25) is 4.79 Å². The molecule has 1 heterocycles. The Balaban J connectivity index is 2.89. The third-order valence-electron chi connectivity index (χ3n) is 3.44. The molecule has 96 valence electrons. The summed E-state index contributed by atoms with van der Waals surface area (Å²) in [7, 11) is 0. The summed E-state index contributed by atoms with van der Waals surface area (Å²) in [5, 5.41) is 3.48. The average Bonchev–Trinajstić information content (AvgIpc) is 2.31. The van der Waals surface area contributed by atoms with Crippen LogP contribution in [0.2, 0.25) is 0 Å². The first-order chi connectivity index (χ1) is 8.10. The summed E-state index contributed by atoms with van der Waals surface area (Å²) in [6.45, 7) is 10.2. The van der Waals surface area contributed by atoms with E-state index >= 15 is 0 Å². The highest BCUT2D eigenvalue weighted by Gasteiger charge is 2.16. The number of likely N-dealkylation sites (N-methyl/N-ethyl adjacent to an activating group) is 1. The Labute approximate surface area is 104 Å². The molecule has 3 heteroatoms. The lowest BCUT2D eigenvalue weighted by atomic mass is 9.99. The molecule has 0 radical (unpaired) electrons. The first kappa shape index (κ1) is 14.0. The van der Waals surface area contributed by atoms with Gasteiger partial charge >= 0.3 is 0 Å². The topological polar surface area (TPSA) is 34.0 Å². The number of hydrogen-bond acceptors (Lipinski definition) is 2. The van der Waals surface area contributed by atoms with Gasteiger partial charge < -0.3 is 9.88 Å². The van der Waals surface area contributed by atoms with Crippen LogP contribution in [0.1, 0.15) is 32.9 Å². The first-order valence-electron chi connectivity index (χ1n) is 6.50. The molecule has 2 atom stereocenters. The Bertz CT molecular complexity index is 397. The molecule has 0 aliphatic carbocycles. The third-order valence-corrected chi connectivity index (χ3v) is 3.44. The lowest BCUT2D eigenvalue weighted by Crippen LogP contribution is -2.41. The molecule has 1 aromatic heterocycles. The lowest BCUT2D eigenvalue weighted by Gasteiger charge is -2.25. The van der Waals surface area contributed by atoms with Crippen LogP contribution in [0.3, 0.4) is 0 Å². The second-order valence-corrected chi connectivity index (χ2v) is 4.67. The van der Waals surface area contributed by atoms with Crippen molar-refractivity contribution in [3.63, 3.8) is 0 Å². The minimum Gasteiger partial charge on any atom is -0.312 e. The molecule has 0 amide bonds. The summed E-state index contributed by atoms with van der Waals surface area (Å²) in [4.78, 5) is 11.8. The van der Waals surface area contributed by atoms with Crippen molar-refractivity contribution in [2.24, 2.45) is 5.92 Å². The Morgan fingerprint density at radius 3 is 2.59 bits per heavy atom. The van der Waals surface area contributed by atoms with Crippen molar-refractivity contribution < 1.29 is 0 Å². The van der Waals surface area contributed by atoms with Crippen molar-refractivity contribution in [2.45, 2.75) is 46.7 Å². The summed E-state index contributed by atoms with van der Waals surface area (Å²) < 4.78 is 1.86. The number of nitrogens with zero attached hydrogens (tertiary/aromatic N) is 1. The van der Waals surface area contributed by atoms with Crippen LogP contribution in [-0.4, -0.2) is 17.2 Å². The Hall–Kier alpha value is -1.09. The fourth-order valence-electron chi connectivity index (χ4n) is 2.05. The van der Waals surface area contributed by atoms with E-state index in [0.29, 0.717) is 12.0 Å². The van der Waals surface area contributed by atoms with Crippen LogP contribution < -0.4 is 10.9 Å². The van der Waals surface area contributed by atoms with Crippen molar-refractivity contribution in [3.05, 3.63) is 34.2 Å². The number of hydrogen-bond donors (Lipinski definition) is 1. The van der Waals surface area contributed by atoms with Gasteiger partial charge in [0.25, 0.3) is 5.56 Å². The van der Waals surface area contributed by atoms with Gasteiger partial charge in [0.1, 0.15) is 0 Å². The van der Waals surface area contributed by atoms with Gasteiger partial charge in [0, 0.05) is 24.3 Å². The molecule has 0 aromatic carbocycles. The quantitative estimate of drug-likeness (QED) is 0.821. The molecule has 0 aliphatic heterocycles. The first-order valence-corrected chi connectivity index (χ1v) is 6.50. The molecular formula is C14H24N2O. The van der Waals surface area contributed by atoms with E-state index in [1.165, 1.54) is 0 Å². The van der Waals surface area contributed by atoms with Crippen molar-refractivity contribution in [3.8, 4) is 0 Å².